The minimum Gasteiger partial charge on any atom is -0.329 e. The number of alkyl halides is 19. The zero-order valence-corrected chi connectivity index (χ0v) is 14.0. The zero-order valence-electron chi connectivity index (χ0n) is 14.0. The summed E-state index contributed by atoms with van der Waals surface area (Å²) in [5, 5.41) is 7.79. The first-order chi connectivity index (χ1) is 14.0. The second-order valence-electron chi connectivity index (χ2n) is 7.26. The van der Waals surface area contributed by atoms with Crippen molar-refractivity contribution in [1.29, 1.82) is 0 Å². The Morgan fingerprint density at radius 3 is 0.818 bits per heavy atom. The Bertz CT molecular complexity index is 788. The van der Waals surface area contributed by atoms with Gasteiger partial charge in [0.2, 0.25) is 0 Å². The standard InChI is InChI=1S/C12HF19O2/c13-1-5(16,17)2(14)7(20,21)3(15,6(1,18)19)10(26,27)4(8(1,22)23,9(2,24)25)33-12(30,31)11(28,29)32/h32H. The van der Waals surface area contributed by atoms with Gasteiger partial charge in [-0.2, -0.15) is 70.2 Å². The van der Waals surface area contributed by atoms with Crippen LogP contribution < -0.4 is 0 Å². The molecule has 0 aromatic rings. The van der Waals surface area contributed by atoms with Crippen LogP contribution in [0.4, 0.5) is 83.4 Å². The molecular formula is C12HF19O2. The monoisotopic (exact) mass is 538 g/mol. The van der Waals surface area contributed by atoms with Crippen molar-refractivity contribution in [3.63, 3.8) is 0 Å². The molecule has 1 N–H and O–H groups in total. The third-order valence-corrected chi connectivity index (χ3v) is 5.85. The van der Waals surface area contributed by atoms with E-state index >= 15 is 0 Å². The second kappa shape index (κ2) is 5.23. The molecular weight excluding hydrogens is 537 g/mol. The van der Waals surface area contributed by atoms with Crippen LogP contribution in [0.25, 0.3) is 0 Å². The average Bonchev–Trinajstić information content (AvgIpc) is 2.58. The average molecular weight is 538 g/mol. The Morgan fingerprint density at radius 1 is 0.424 bits per heavy atom. The normalized spacial score (nSPS) is 45.8. The second-order valence-corrected chi connectivity index (χ2v) is 7.26. The smallest absolute Gasteiger partial charge is 0.329 e. The predicted molar refractivity (Wildman–Crippen MR) is 57.1 cm³/mol. The first-order valence-electron chi connectivity index (χ1n) is 7.47. The Morgan fingerprint density at radius 2 is 0.636 bits per heavy atom. The molecule has 4 rings (SSSR count). The summed E-state index contributed by atoms with van der Waals surface area (Å²) in [5.41, 5.74) is -33.1. The molecule has 0 amide bonds. The molecule has 0 heterocycles. The Kier molecular flexibility index (Phi) is 4.15. The van der Waals surface area contributed by atoms with Gasteiger partial charge in [-0.05, 0) is 0 Å². The van der Waals surface area contributed by atoms with Crippen molar-refractivity contribution >= 4 is 0 Å². The summed E-state index contributed by atoms with van der Waals surface area (Å²) in [6.45, 7) is 0. The van der Waals surface area contributed by atoms with Crippen LogP contribution in [0.1, 0.15) is 0 Å². The molecule has 4 aliphatic carbocycles. The zero-order chi connectivity index (χ0) is 26.7. The number of halogens is 19. The summed E-state index contributed by atoms with van der Waals surface area (Å²) in [7, 11) is 0. The summed E-state index contributed by atoms with van der Waals surface area (Å²) in [6, 6.07) is 0. The van der Waals surface area contributed by atoms with E-state index in [1.807, 2.05) is 0 Å². The highest BCUT2D eigenvalue weighted by Gasteiger charge is 3.23. The third kappa shape index (κ3) is 1.69. The minimum atomic E-state index is -8.46. The number of hydrogen-bond acceptors (Lipinski definition) is 2. The summed E-state index contributed by atoms with van der Waals surface area (Å²) < 4.78 is 267. The maximum absolute atomic E-state index is 14.5. The van der Waals surface area contributed by atoms with E-state index < -0.39 is 70.4 Å². The molecule has 21 heteroatoms. The number of ether oxygens (including phenoxy) is 1. The molecule has 0 unspecified atom stereocenters. The molecule has 194 valence electrons. The fraction of sp³-hybridized carbons (Fsp3) is 1.00. The van der Waals surface area contributed by atoms with E-state index in [4.69, 9.17) is 5.11 Å². The van der Waals surface area contributed by atoms with Crippen molar-refractivity contribution in [2.75, 3.05) is 0 Å². The van der Waals surface area contributed by atoms with Gasteiger partial charge < -0.3 is 5.11 Å². The van der Waals surface area contributed by atoms with Crippen molar-refractivity contribution in [3.8, 4) is 0 Å². The Balaban J connectivity index is 2.67. The van der Waals surface area contributed by atoms with Gasteiger partial charge in [0.05, 0.1) is 0 Å². The Hall–Kier alpha value is -1.41. The van der Waals surface area contributed by atoms with Gasteiger partial charge in [0, 0.05) is 0 Å². The molecule has 2 nitrogen and oxygen atoms in total. The van der Waals surface area contributed by atoms with Gasteiger partial charge in [-0.3, -0.25) is 4.74 Å². The minimum absolute atomic E-state index is 1.62. The van der Waals surface area contributed by atoms with E-state index in [1.54, 1.807) is 4.74 Å². The maximum atomic E-state index is 14.5. The van der Waals surface area contributed by atoms with Crippen LogP contribution in [0, 0.1) is 0 Å². The van der Waals surface area contributed by atoms with Crippen LogP contribution in [0.3, 0.4) is 0 Å². The first-order valence-corrected chi connectivity index (χ1v) is 7.47. The molecule has 4 bridgehead atoms. The molecule has 0 radical (unpaired) electrons. The number of rotatable bonds is 3. The van der Waals surface area contributed by atoms with Crippen molar-refractivity contribution in [2.45, 2.75) is 70.4 Å². The van der Waals surface area contributed by atoms with Crippen molar-refractivity contribution < 1.29 is 93.3 Å². The van der Waals surface area contributed by atoms with Gasteiger partial charge in [0.15, 0.2) is 0 Å². The molecule has 4 fully saturated rings. The van der Waals surface area contributed by atoms with Gasteiger partial charge in [-0.1, -0.05) is 0 Å². The first kappa shape index (κ1) is 26.2. The molecule has 4 aliphatic rings. The van der Waals surface area contributed by atoms with Gasteiger partial charge in [0.1, 0.15) is 0 Å². The fourth-order valence-electron chi connectivity index (χ4n) is 4.25. The summed E-state index contributed by atoms with van der Waals surface area (Å²) in [4.78, 5) is 0. The van der Waals surface area contributed by atoms with Crippen molar-refractivity contribution in [3.05, 3.63) is 0 Å². The van der Waals surface area contributed by atoms with E-state index in [0.717, 1.165) is 0 Å². The molecule has 0 aliphatic heterocycles. The maximum Gasteiger partial charge on any atom is 0.449 e. The SMILES string of the molecule is OC(F)(F)C(F)(F)OC12C(F)(F)C3(F)C(F)(F)C(F)(C(F)(F)C(F)(C3(F)F)C1(F)F)C2(F)F. The molecule has 0 aromatic heterocycles. The van der Waals surface area contributed by atoms with Gasteiger partial charge in [-0.25, -0.2) is 13.2 Å². The van der Waals surface area contributed by atoms with Crippen LogP contribution >= 0.6 is 0 Å². The summed E-state index contributed by atoms with van der Waals surface area (Å²) >= 11 is 0. The van der Waals surface area contributed by atoms with E-state index in [-0.39, 0.29) is 0 Å². The van der Waals surface area contributed by atoms with Crippen molar-refractivity contribution in [2.24, 2.45) is 0 Å². The molecule has 0 spiro atoms. The highest BCUT2D eigenvalue weighted by Crippen LogP contribution is 2.89. The van der Waals surface area contributed by atoms with E-state index in [0.29, 0.717) is 0 Å². The largest absolute Gasteiger partial charge is 0.449 e. The molecule has 33 heavy (non-hydrogen) atoms. The lowest BCUT2D eigenvalue weighted by Gasteiger charge is -2.74. The quantitative estimate of drug-likeness (QED) is 0.519. The lowest BCUT2D eigenvalue weighted by Crippen LogP contribution is -3.10. The summed E-state index contributed by atoms with van der Waals surface area (Å²) in [5.74, 6) is -50.3. The Labute approximate surface area is 165 Å². The van der Waals surface area contributed by atoms with Gasteiger partial charge in [-0.15, -0.1) is 0 Å². The molecule has 0 atom stereocenters. The van der Waals surface area contributed by atoms with Crippen LogP contribution in [0.15, 0.2) is 0 Å². The van der Waals surface area contributed by atoms with Crippen LogP contribution in [0.5, 0.6) is 0 Å². The third-order valence-electron chi connectivity index (χ3n) is 5.85. The van der Waals surface area contributed by atoms with Crippen LogP contribution in [0.2, 0.25) is 0 Å². The topological polar surface area (TPSA) is 29.5 Å². The van der Waals surface area contributed by atoms with Gasteiger partial charge in [0.25, 0.3) is 5.60 Å². The van der Waals surface area contributed by atoms with Crippen molar-refractivity contribution in [1.82, 2.24) is 0 Å². The van der Waals surface area contributed by atoms with E-state index in [1.165, 1.54) is 0 Å². The predicted octanol–water partition coefficient (Wildman–Crippen LogP) is 4.90. The lowest BCUT2D eigenvalue weighted by molar-refractivity contribution is -0.637. The molecule has 4 saturated carbocycles. The lowest BCUT2D eigenvalue weighted by atomic mass is 9.40. The van der Waals surface area contributed by atoms with E-state index in [2.05, 4.69) is 0 Å². The van der Waals surface area contributed by atoms with Gasteiger partial charge >= 0.3 is 64.8 Å². The highest BCUT2D eigenvalue weighted by molar-refractivity contribution is 5.54. The van der Waals surface area contributed by atoms with Crippen LogP contribution in [-0.2, 0) is 4.74 Å². The van der Waals surface area contributed by atoms with Crippen LogP contribution in [-0.4, -0.2) is 75.5 Å². The van der Waals surface area contributed by atoms with E-state index in [9.17, 15) is 83.4 Å². The molecule has 0 saturated heterocycles. The summed E-state index contributed by atoms with van der Waals surface area (Å²) in [6.07, 6.45) is -15.0. The number of hydrogen-bond donors (Lipinski definition) is 1. The molecule has 0 aromatic carbocycles. The highest BCUT2D eigenvalue weighted by atomic mass is 19.4. The fourth-order valence-corrected chi connectivity index (χ4v) is 4.25. The number of aliphatic hydroxyl groups is 1.